The zero-order valence-electron chi connectivity index (χ0n) is 10.1. The van der Waals surface area contributed by atoms with E-state index in [2.05, 4.69) is 10.3 Å². The van der Waals surface area contributed by atoms with Gasteiger partial charge in [0.2, 0.25) is 0 Å². The third-order valence-corrected chi connectivity index (χ3v) is 2.46. The summed E-state index contributed by atoms with van der Waals surface area (Å²) >= 11 is 0. The number of furan rings is 1. The van der Waals surface area contributed by atoms with Crippen molar-refractivity contribution in [3.05, 3.63) is 53.2 Å². The summed E-state index contributed by atoms with van der Waals surface area (Å²) in [6.07, 6.45) is 0. The average molecular weight is 245 g/mol. The molecule has 5 heteroatoms. The predicted octanol–water partition coefficient (Wildman–Crippen LogP) is 1.37. The molecule has 0 aliphatic rings. The van der Waals surface area contributed by atoms with Gasteiger partial charge in [0.15, 0.2) is 5.76 Å². The lowest BCUT2D eigenvalue weighted by atomic mass is 10.3. The monoisotopic (exact) mass is 245 g/mol. The van der Waals surface area contributed by atoms with Gasteiger partial charge in [0, 0.05) is 5.69 Å². The summed E-state index contributed by atoms with van der Waals surface area (Å²) < 4.78 is 5.25. The Hall–Kier alpha value is -2.14. The van der Waals surface area contributed by atoms with E-state index in [1.165, 1.54) is 0 Å². The first kappa shape index (κ1) is 12.3. The van der Waals surface area contributed by atoms with Crippen molar-refractivity contribution < 1.29 is 9.21 Å². The molecule has 18 heavy (non-hydrogen) atoms. The highest BCUT2D eigenvalue weighted by molar-refractivity contribution is 5.91. The number of hydrogen-bond acceptors (Lipinski definition) is 4. The fraction of sp³-hybridized carbons (Fsp3) is 0.231. The lowest BCUT2D eigenvalue weighted by Crippen LogP contribution is -2.22. The van der Waals surface area contributed by atoms with E-state index in [4.69, 9.17) is 10.2 Å². The lowest BCUT2D eigenvalue weighted by Gasteiger charge is -2.03. The van der Waals surface area contributed by atoms with Gasteiger partial charge < -0.3 is 15.5 Å². The van der Waals surface area contributed by atoms with Crippen LogP contribution in [0.25, 0.3) is 0 Å². The summed E-state index contributed by atoms with van der Waals surface area (Å²) in [6.45, 7) is 2.57. The van der Waals surface area contributed by atoms with Crippen LogP contribution in [0.1, 0.15) is 27.7 Å². The molecule has 0 saturated carbocycles. The molecule has 0 spiro atoms. The van der Waals surface area contributed by atoms with Crippen molar-refractivity contribution in [2.75, 3.05) is 0 Å². The summed E-state index contributed by atoms with van der Waals surface area (Å²) in [5.74, 6) is 0.593. The van der Waals surface area contributed by atoms with Gasteiger partial charge in [-0.1, -0.05) is 6.07 Å². The highest BCUT2D eigenvalue weighted by Gasteiger charge is 2.10. The van der Waals surface area contributed by atoms with Crippen LogP contribution in [0.15, 0.2) is 34.7 Å². The first-order valence-corrected chi connectivity index (χ1v) is 5.68. The number of hydrogen-bond donors (Lipinski definition) is 2. The summed E-state index contributed by atoms with van der Waals surface area (Å²) in [7, 11) is 0. The Morgan fingerprint density at radius 3 is 2.89 bits per heavy atom. The van der Waals surface area contributed by atoms with Crippen molar-refractivity contribution in [1.82, 2.24) is 10.3 Å². The van der Waals surface area contributed by atoms with Gasteiger partial charge in [-0.05, 0) is 31.2 Å². The van der Waals surface area contributed by atoms with E-state index in [1.807, 2.05) is 25.1 Å². The van der Waals surface area contributed by atoms with Gasteiger partial charge in [0.1, 0.15) is 5.76 Å². The van der Waals surface area contributed by atoms with Gasteiger partial charge in [-0.15, -0.1) is 0 Å². The molecule has 94 valence electrons. The van der Waals surface area contributed by atoms with Gasteiger partial charge in [-0.2, -0.15) is 0 Å². The van der Waals surface area contributed by atoms with E-state index in [1.54, 1.807) is 12.1 Å². The topological polar surface area (TPSA) is 81.2 Å². The lowest BCUT2D eigenvalue weighted by molar-refractivity contribution is 0.0921. The van der Waals surface area contributed by atoms with Crippen molar-refractivity contribution in [3.8, 4) is 0 Å². The number of nitrogens with one attached hydrogen (secondary N) is 1. The quantitative estimate of drug-likeness (QED) is 0.852. The van der Waals surface area contributed by atoms with Crippen LogP contribution in [-0.4, -0.2) is 10.9 Å². The van der Waals surface area contributed by atoms with Crippen molar-refractivity contribution in [1.29, 1.82) is 0 Å². The first-order valence-electron chi connectivity index (χ1n) is 5.68. The smallest absolute Gasteiger partial charge is 0.287 e. The normalized spacial score (nSPS) is 10.3. The van der Waals surface area contributed by atoms with E-state index in [0.717, 1.165) is 11.4 Å². The van der Waals surface area contributed by atoms with Crippen molar-refractivity contribution >= 4 is 5.91 Å². The van der Waals surface area contributed by atoms with E-state index in [0.29, 0.717) is 12.3 Å². The molecule has 2 heterocycles. The summed E-state index contributed by atoms with van der Waals surface area (Å²) in [4.78, 5) is 16.1. The SMILES string of the molecule is Cc1cccc(CNC(=O)c2ccc(CN)o2)n1. The van der Waals surface area contributed by atoms with Crippen LogP contribution in [-0.2, 0) is 13.1 Å². The third-order valence-electron chi connectivity index (χ3n) is 2.46. The molecule has 0 saturated heterocycles. The first-order chi connectivity index (χ1) is 8.69. The number of carbonyl (C=O) groups excluding carboxylic acids is 1. The van der Waals surface area contributed by atoms with Crippen molar-refractivity contribution in [3.63, 3.8) is 0 Å². The molecule has 0 atom stereocenters. The predicted molar refractivity (Wildman–Crippen MR) is 66.7 cm³/mol. The second kappa shape index (κ2) is 5.46. The van der Waals surface area contributed by atoms with Crippen molar-refractivity contribution in [2.24, 2.45) is 5.73 Å². The minimum absolute atomic E-state index is 0.266. The molecule has 0 aromatic carbocycles. The molecular formula is C13H15N3O2. The molecule has 2 aromatic heterocycles. The zero-order chi connectivity index (χ0) is 13.0. The largest absolute Gasteiger partial charge is 0.455 e. The minimum Gasteiger partial charge on any atom is -0.455 e. The molecule has 1 amide bonds. The van der Waals surface area contributed by atoms with Gasteiger partial charge in [0.25, 0.3) is 5.91 Å². The van der Waals surface area contributed by atoms with Crippen LogP contribution in [0, 0.1) is 6.92 Å². The average Bonchev–Trinajstić information content (AvgIpc) is 2.85. The van der Waals surface area contributed by atoms with E-state index >= 15 is 0 Å². The van der Waals surface area contributed by atoms with Crippen LogP contribution >= 0.6 is 0 Å². The highest BCUT2D eigenvalue weighted by Crippen LogP contribution is 2.07. The van der Waals surface area contributed by atoms with Gasteiger partial charge in [0.05, 0.1) is 18.8 Å². The van der Waals surface area contributed by atoms with E-state index in [9.17, 15) is 4.79 Å². The minimum atomic E-state index is -0.266. The summed E-state index contributed by atoms with van der Waals surface area (Å²) in [5, 5.41) is 2.74. The number of rotatable bonds is 4. The summed E-state index contributed by atoms with van der Waals surface area (Å²) in [6, 6.07) is 8.98. The maximum Gasteiger partial charge on any atom is 0.287 e. The molecule has 3 N–H and O–H groups in total. The zero-order valence-corrected chi connectivity index (χ0v) is 10.1. The standard InChI is InChI=1S/C13H15N3O2/c1-9-3-2-4-10(16-9)8-15-13(17)12-6-5-11(7-14)18-12/h2-6H,7-8,14H2,1H3,(H,15,17). The van der Waals surface area contributed by atoms with Crippen LogP contribution in [0.3, 0.4) is 0 Å². The Kier molecular flexibility index (Phi) is 3.74. The Balaban J connectivity index is 1.96. The second-order valence-corrected chi connectivity index (χ2v) is 3.92. The molecule has 5 nitrogen and oxygen atoms in total. The van der Waals surface area contributed by atoms with E-state index in [-0.39, 0.29) is 18.2 Å². The molecule has 0 unspecified atom stereocenters. The molecule has 2 aromatic rings. The molecule has 0 bridgehead atoms. The van der Waals surface area contributed by atoms with Gasteiger partial charge in [-0.25, -0.2) is 0 Å². The molecule has 2 rings (SSSR count). The number of pyridine rings is 1. The molecule has 0 aliphatic heterocycles. The summed E-state index contributed by atoms with van der Waals surface area (Å²) in [5.41, 5.74) is 7.14. The number of carbonyl (C=O) groups is 1. The molecule has 0 radical (unpaired) electrons. The number of nitrogens with zero attached hydrogens (tertiary/aromatic N) is 1. The Bertz CT molecular complexity index is 549. The van der Waals surface area contributed by atoms with Crippen molar-refractivity contribution in [2.45, 2.75) is 20.0 Å². The second-order valence-electron chi connectivity index (χ2n) is 3.92. The van der Waals surface area contributed by atoms with E-state index < -0.39 is 0 Å². The number of aryl methyl sites for hydroxylation is 1. The van der Waals surface area contributed by atoms with Crippen LogP contribution in [0.2, 0.25) is 0 Å². The maximum atomic E-state index is 11.8. The van der Waals surface area contributed by atoms with Gasteiger partial charge >= 0.3 is 0 Å². The van der Waals surface area contributed by atoms with Crippen LogP contribution < -0.4 is 11.1 Å². The molecule has 0 fully saturated rings. The molecule has 0 aliphatic carbocycles. The Morgan fingerprint density at radius 2 is 2.22 bits per heavy atom. The number of nitrogens with two attached hydrogens (primary N) is 1. The number of amides is 1. The Labute approximate surface area is 105 Å². The third kappa shape index (κ3) is 2.95. The fourth-order valence-electron chi connectivity index (χ4n) is 1.57. The maximum absolute atomic E-state index is 11.8. The number of aromatic nitrogens is 1. The van der Waals surface area contributed by atoms with Crippen LogP contribution in [0.4, 0.5) is 0 Å². The van der Waals surface area contributed by atoms with Gasteiger partial charge in [-0.3, -0.25) is 9.78 Å². The van der Waals surface area contributed by atoms with Crippen LogP contribution in [0.5, 0.6) is 0 Å². The highest BCUT2D eigenvalue weighted by atomic mass is 16.4. The molecular weight excluding hydrogens is 230 g/mol. The fourth-order valence-corrected chi connectivity index (χ4v) is 1.57. The Morgan fingerprint density at radius 1 is 1.39 bits per heavy atom.